The second kappa shape index (κ2) is 8.45. The number of aromatic nitrogens is 1. The molecule has 1 aliphatic heterocycles. The molecule has 0 spiro atoms. The zero-order valence-corrected chi connectivity index (χ0v) is 15.9. The van der Waals surface area contributed by atoms with Crippen LogP contribution in [0.25, 0.3) is 0 Å². The maximum absolute atomic E-state index is 13.0. The van der Waals surface area contributed by atoms with E-state index in [2.05, 4.69) is 10.3 Å². The summed E-state index contributed by atoms with van der Waals surface area (Å²) in [5.41, 5.74) is -1.73. The number of piperidine rings is 1. The molecule has 1 saturated heterocycles. The Bertz CT molecular complexity index is 987. The van der Waals surface area contributed by atoms with Crippen LogP contribution in [0.15, 0.2) is 36.4 Å². The maximum atomic E-state index is 13.0. The monoisotopic (exact) mass is 442 g/mol. The van der Waals surface area contributed by atoms with Gasteiger partial charge in [-0.3, -0.25) is 4.79 Å². The van der Waals surface area contributed by atoms with Crippen LogP contribution in [-0.2, 0) is 17.1 Å². The SMILES string of the molecule is N#Cc1ccc(C(F)(F)F)nc1N1CCC(C(=O)Nc2ccc(C(F)(F)F)cc2)CC1. The van der Waals surface area contributed by atoms with Gasteiger partial charge in [0.05, 0.1) is 11.1 Å². The number of halogens is 6. The minimum Gasteiger partial charge on any atom is -0.355 e. The van der Waals surface area contributed by atoms with Crippen LogP contribution in [0.2, 0.25) is 0 Å². The fourth-order valence-corrected chi connectivity index (χ4v) is 3.27. The summed E-state index contributed by atoms with van der Waals surface area (Å²) in [5.74, 6) is -0.953. The Morgan fingerprint density at radius 2 is 1.61 bits per heavy atom. The van der Waals surface area contributed by atoms with Crippen LogP contribution in [0.1, 0.15) is 29.7 Å². The summed E-state index contributed by atoms with van der Waals surface area (Å²) in [4.78, 5) is 17.5. The van der Waals surface area contributed by atoms with Crippen LogP contribution in [-0.4, -0.2) is 24.0 Å². The first-order chi connectivity index (χ1) is 14.5. The van der Waals surface area contributed by atoms with E-state index in [-0.39, 0.29) is 43.0 Å². The van der Waals surface area contributed by atoms with E-state index in [1.807, 2.05) is 6.07 Å². The van der Waals surface area contributed by atoms with E-state index < -0.39 is 35.4 Å². The predicted molar refractivity (Wildman–Crippen MR) is 99.0 cm³/mol. The molecule has 1 aromatic carbocycles. The van der Waals surface area contributed by atoms with E-state index in [1.165, 1.54) is 4.90 Å². The van der Waals surface area contributed by atoms with Gasteiger partial charge < -0.3 is 10.2 Å². The quantitative estimate of drug-likeness (QED) is 0.691. The van der Waals surface area contributed by atoms with Crippen LogP contribution in [0.3, 0.4) is 0 Å². The molecule has 2 heterocycles. The van der Waals surface area contributed by atoms with Crippen molar-refractivity contribution in [2.75, 3.05) is 23.3 Å². The number of amides is 1. The van der Waals surface area contributed by atoms with Crippen LogP contribution in [0.5, 0.6) is 0 Å². The van der Waals surface area contributed by atoms with E-state index in [9.17, 15) is 36.4 Å². The lowest BCUT2D eigenvalue weighted by molar-refractivity contribution is -0.141. The summed E-state index contributed by atoms with van der Waals surface area (Å²) < 4.78 is 76.7. The van der Waals surface area contributed by atoms with Gasteiger partial charge in [-0.25, -0.2) is 4.98 Å². The van der Waals surface area contributed by atoms with Gasteiger partial charge in [0, 0.05) is 24.7 Å². The van der Waals surface area contributed by atoms with Gasteiger partial charge in [-0.2, -0.15) is 31.6 Å². The van der Waals surface area contributed by atoms with Gasteiger partial charge in [0.2, 0.25) is 5.91 Å². The van der Waals surface area contributed by atoms with Gasteiger partial charge in [0.1, 0.15) is 17.6 Å². The highest BCUT2D eigenvalue weighted by atomic mass is 19.4. The number of pyridine rings is 1. The number of nitrogens with one attached hydrogen (secondary N) is 1. The molecule has 5 nitrogen and oxygen atoms in total. The maximum Gasteiger partial charge on any atom is 0.433 e. The van der Waals surface area contributed by atoms with Crippen molar-refractivity contribution in [3.8, 4) is 6.07 Å². The molecule has 11 heteroatoms. The first kappa shape index (κ1) is 22.4. The Kier molecular flexibility index (Phi) is 6.10. The number of anilines is 2. The van der Waals surface area contributed by atoms with Crippen molar-refractivity contribution in [3.05, 3.63) is 53.2 Å². The zero-order chi connectivity index (χ0) is 22.8. The Morgan fingerprint density at radius 3 is 2.13 bits per heavy atom. The van der Waals surface area contributed by atoms with Gasteiger partial charge in [-0.15, -0.1) is 0 Å². The zero-order valence-electron chi connectivity index (χ0n) is 15.9. The first-order valence-corrected chi connectivity index (χ1v) is 9.20. The third-order valence-corrected chi connectivity index (χ3v) is 4.93. The average Bonchev–Trinajstić information content (AvgIpc) is 2.72. The number of carbonyl (C=O) groups is 1. The predicted octanol–water partition coefficient (Wildman–Crippen LogP) is 4.85. The molecule has 1 aliphatic rings. The minimum absolute atomic E-state index is 0.000607. The third kappa shape index (κ3) is 5.25. The standard InChI is InChI=1S/C20H16F6N4O/c21-19(22,23)14-2-4-15(5-3-14)28-18(31)12-7-9-30(10-8-12)17-13(11-27)1-6-16(29-17)20(24,25)26/h1-6,12H,7-10H2,(H,28,31). The molecule has 31 heavy (non-hydrogen) atoms. The average molecular weight is 442 g/mol. The van der Waals surface area contributed by atoms with Crippen molar-refractivity contribution in [1.82, 2.24) is 4.98 Å². The molecular formula is C20H16F6N4O. The van der Waals surface area contributed by atoms with Crippen molar-refractivity contribution < 1.29 is 31.1 Å². The van der Waals surface area contributed by atoms with Crippen LogP contribution in [0.4, 0.5) is 37.8 Å². The highest BCUT2D eigenvalue weighted by Crippen LogP contribution is 2.33. The summed E-state index contributed by atoms with van der Waals surface area (Å²) in [5, 5.41) is 11.7. The lowest BCUT2D eigenvalue weighted by Crippen LogP contribution is -2.39. The first-order valence-electron chi connectivity index (χ1n) is 9.20. The summed E-state index contributed by atoms with van der Waals surface area (Å²) in [6.07, 6.45) is -8.55. The number of hydrogen-bond acceptors (Lipinski definition) is 4. The van der Waals surface area contributed by atoms with E-state index in [0.29, 0.717) is 0 Å². The van der Waals surface area contributed by atoms with Crippen LogP contribution in [0, 0.1) is 17.2 Å². The van der Waals surface area contributed by atoms with Crippen LogP contribution >= 0.6 is 0 Å². The van der Waals surface area contributed by atoms with Gasteiger partial charge in [-0.05, 0) is 49.2 Å². The fraction of sp³-hybridized carbons (Fsp3) is 0.350. The van der Waals surface area contributed by atoms with Crippen molar-refractivity contribution in [3.63, 3.8) is 0 Å². The molecular weight excluding hydrogens is 426 g/mol. The largest absolute Gasteiger partial charge is 0.433 e. The van der Waals surface area contributed by atoms with Crippen molar-refractivity contribution in [1.29, 1.82) is 5.26 Å². The van der Waals surface area contributed by atoms with Gasteiger partial charge in [0.25, 0.3) is 0 Å². The van der Waals surface area contributed by atoms with Gasteiger partial charge in [-0.1, -0.05) is 0 Å². The summed E-state index contributed by atoms with van der Waals surface area (Å²) >= 11 is 0. The Morgan fingerprint density at radius 1 is 1.00 bits per heavy atom. The molecule has 1 amide bonds. The Hall–Kier alpha value is -3.29. The number of hydrogen-bond donors (Lipinski definition) is 1. The molecule has 0 bridgehead atoms. The van der Waals surface area contributed by atoms with Crippen LogP contribution < -0.4 is 10.2 Å². The van der Waals surface area contributed by atoms with E-state index in [1.54, 1.807) is 0 Å². The number of alkyl halides is 6. The van der Waals surface area contributed by atoms with Crippen molar-refractivity contribution in [2.45, 2.75) is 25.2 Å². The molecule has 0 aliphatic carbocycles. The highest BCUT2D eigenvalue weighted by Gasteiger charge is 2.35. The normalized spacial score (nSPS) is 15.5. The van der Waals surface area contributed by atoms with E-state index in [4.69, 9.17) is 0 Å². The summed E-state index contributed by atoms with van der Waals surface area (Å²) in [7, 11) is 0. The van der Waals surface area contributed by atoms with E-state index in [0.717, 1.165) is 36.4 Å². The molecule has 1 aromatic heterocycles. The van der Waals surface area contributed by atoms with Crippen molar-refractivity contribution >= 4 is 17.4 Å². The molecule has 1 N–H and O–H groups in total. The second-order valence-electron chi connectivity index (χ2n) is 7.00. The van der Waals surface area contributed by atoms with Gasteiger partial charge in [0.15, 0.2) is 0 Å². The Balaban J connectivity index is 1.64. The molecule has 2 aromatic rings. The van der Waals surface area contributed by atoms with Crippen molar-refractivity contribution in [2.24, 2.45) is 5.92 Å². The number of carbonyl (C=O) groups excluding carboxylic acids is 1. The fourth-order valence-electron chi connectivity index (χ4n) is 3.27. The minimum atomic E-state index is -4.65. The number of rotatable bonds is 3. The molecule has 0 saturated carbocycles. The van der Waals surface area contributed by atoms with E-state index >= 15 is 0 Å². The molecule has 164 valence electrons. The number of nitriles is 1. The lowest BCUT2D eigenvalue weighted by atomic mass is 9.95. The van der Waals surface area contributed by atoms with Gasteiger partial charge >= 0.3 is 12.4 Å². The number of nitrogens with zero attached hydrogens (tertiary/aromatic N) is 3. The summed E-state index contributed by atoms with van der Waals surface area (Å²) in [6.45, 7) is 0.405. The molecule has 0 atom stereocenters. The lowest BCUT2D eigenvalue weighted by Gasteiger charge is -2.32. The molecule has 3 rings (SSSR count). The Labute approximate surface area is 173 Å². The number of benzene rings is 1. The molecule has 0 unspecified atom stereocenters. The highest BCUT2D eigenvalue weighted by molar-refractivity contribution is 5.92. The summed E-state index contributed by atoms with van der Waals surface area (Å²) in [6, 6.07) is 7.66. The smallest absolute Gasteiger partial charge is 0.355 e. The molecule has 0 radical (unpaired) electrons. The topological polar surface area (TPSA) is 69.0 Å². The molecule has 1 fully saturated rings. The third-order valence-electron chi connectivity index (χ3n) is 4.93. The second-order valence-corrected chi connectivity index (χ2v) is 7.00.